The third-order valence-corrected chi connectivity index (χ3v) is 4.47. The topological polar surface area (TPSA) is 85.8 Å². The Hall–Kier alpha value is -2.21. The summed E-state index contributed by atoms with van der Waals surface area (Å²) in [5, 5.41) is 11.0. The molecule has 0 radical (unpaired) electrons. The molecule has 6 heteroatoms. The lowest BCUT2D eigenvalue weighted by Gasteiger charge is -2.33. The lowest BCUT2D eigenvalue weighted by Crippen LogP contribution is -2.36. The first-order valence-corrected chi connectivity index (χ1v) is 8.08. The number of carbonyl (C=O) groups is 1. The number of nitrogens with zero attached hydrogens (tertiary/aromatic N) is 3. The van der Waals surface area contributed by atoms with Crippen LogP contribution in [0.15, 0.2) is 30.5 Å². The molecule has 1 heterocycles. The highest BCUT2D eigenvalue weighted by Crippen LogP contribution is 2.38. The van der Waals surface area contributed by atoms with Crippen LogP contribution in [0.2, 0.25) is 0 Å². The van der Waals surface area contributed by atoms with E-state index in [1.54, 1.807) is 0 Å². The fourth-order valence-corrected chi connectivity index (χ4v) is 2.80. The second kappa shape index (κ2) is 6.50. The van der Waals surface area contributed by atoms with Crippen LogP contribution in [0, 0.1) is 5.92 Å². The van der Waals surface area contributed by atoms with E-state index in [1.807, 2.05) is 23.0 Å². The molecular formula is C17H23N5O. The summed E-state index contributed by atoms with van der Waals surface area (Å²) in [4.78, 5) is 12.3. The van der Waals surface area contributed by atoms with E-state index in [0.29, 0.717) is 12.5 Å². The van der Waals surface area contributed by atoms with Gasteiger partial charge in [0.15, 0.2) is 0 Å². The summed E-state index contributed by atoms with van der Waals surface area (Å²) < 4.78 is 1.82. The molecule has 0 aliphatic heterocycles. The summed E-state index contributed by atoms with van der Waals surface area (Å²) in [6, 6.07) is 8.31. The van der Waals surface area contributed by atoms with Gasteiger partial charge in [-0.2, -0.15) is 0 Å². The first-order valence-electron chi connectivity index (χ1n) is 8.08. The molecule has 0 atom stereocenters. The van der Waals surface area contributed by atoms with E-state index in [9.17, 15) is 4.79 Å². The maximum absolute atomic E-state index is 12.3. The Morgan fingerprint density at radius 2 is 2.04 bits per heavy atom. The van der Waals surface area contributed by atoms with Crippen molar-refractivity contribution in [1.29, 1.82) is 0 Å². The molecule has 0 spiro atoms. The normalized spacial score (nSPS) is 20.3. The van der Waals surface area contributed by atoms with Crippen molar-refractivity contribution in [1.82, 2.24) is 15.0 Å². The summed E-state index contributed by atoms with van der Waals surface area (Å²) in [7, 11) is 0. The van der Waals surface area contributed by atoms with Gasteiger partial charge in [-0.05, 0) is 36.5 Å². The highest BCUT2D eigenvalue weighted by atomic mass is 16.1. The smallest absolute Gasteiger partial charge is 0.227 e. The molecule has 3 N–H and O–H groups in total. The predicted molar refractivity (Wildman–Crippen MR) is 88.8 cm³/mol. The number of nitrogens with one attached hydrogen (secondary N) is 1. The van der Waals surface area contributed by atoms with Gasteiger partial charge < -0.3 is 11.1 Å². The maximum Gasteiger partial charge on any atom is 0.227 e. The average molecular weight is 313 g/mol. The summed E-state index contributed by atoms with van der Waals surface area (Å²) in [5.41, 5.74) is 8.44. The molecule has 1 aliphatic carbocycles. The Morgan fingerprint density at radius 1 is 1.35 bits per heavy atom. The van der Waals surface area contributed by atoms with Gasteiger partial charge in [-0.1, -0.05) is 31.2 Å². The third-order valence-electron chi connectivity index (χ3n) is 4.47. The van der Waals surface area contributed by atoms with Crippen LogP contribution in [0.25, 0.3) is 0 Å². The van der Waals surface area contributed by atoms with Gasteiger partial charge >= 0.3 is 0 Å². The van der Waals surface area contributed by atoms with Gasteiger partial charge in [0.1, 0.15) is 0 Å². The van der Waals surface area contributed by atoms with Crippen molar-refractivity contribution in [2.75, 3.05) is 5.32 Å². The first-order chi connectivity index (χ1) is 11.1. The minimum Gasteiger partial charge on any atom is -0.326 e. The zero-order chi connectivity index (χ0) is 16.4. The van der Waals surface area contributed by atoms with Crippen LogP contribution in [-0.2, 0) is 11.3 Å². The zero-order valence-electron chi connectivity index (χ0n) is 13.6. The van der Waals surface area contributed by atoms with Crippen LogP contribution in [0.4, 0.5) is 5.69 Å². The molecule has 0 saturated heterocycles. The molecule has 122 valence electrons. The molecule has 6 nitrogen and oxygen atoms in total. The zero-order valence-corrected chi connectivity index (χ0v) is 13.6. The highest BCUT2D eigenvalue weighted by molar-refractivity contribution is 5.93. The molecule has 1 aromatic heterocycles. The molecule has 0 bridgehead atoms. The van der Waals surface area contributed by atoms with Gasteiger partial charge in [0.05, 0.1) is 17.9 Å². The minimum atomic E-state index is 0.0373. The molecule has 1 amide bonds. The number of amides is 1. The van der Waals surface area contributed by atoms with Crippen LogP contribution < -0.4 is 11.1 Å². The largest absolute Gasteiger partial charge is 0.326 e. The van der Waals surface area contributed by atoms with Crippen molar-refractivity contribution >= 4 is 11.6 Å². The number of rotatable bonds is 5. The second-order valence-electron chi connectivity index (χ2n) is 6.48. The molecular weight excluding hydrogens is 290 g/mol. The average Bonchev–Trinajstić information content (AvgIpc) is 2.95. The number of anilines is 1. The Bertz CT molecular complexity index is 671. The number of carbonyl (C=O) groups excluding carboxylic acids is 1. The molecule has 1 aromatic carbocycles. The Balaban J connectivity index is 1.52. The SMILES string of the molecule is CC(C)c1ccc(NC(=O)C2CC(n3cc(CN)nn3)C2)cc1. The van der Waals surface area contributed by atoms with Gasteiger partial charge in [-0.25, -0.2) is 4.68 Å². The standard InChI is InChI=1S/C17H23N5O/c1-11(2)12-3-5-14(6-4-12)19-17(23)13-7-16(8-13)22-10-15(9-18)20-21-22/h3-6,10-11,13,16H,7-9,18H2,1-2H3,(H,19,23). The third kappa shape index (κ3) is 3.42. The summed E-state index contributed by atoms with van der Waals surface area (Å²) in [6.07, 6.45) is 3.45. The number of hydrogen-bond donors (Lipinski definition) is 2. The summed E-state index contributed by atoms with van der Waals surface area (Å²) >= 11 is 0. The first kappa shape index (κ1) is 15.7. The van der Waals surface area contributed by atoms with Crippen LogP contribution in [0.5, 0.6) is 0 Å². The van der Waals surface area contributed by atoms with Gasteiger partial charge in [-0.15, -0.1) is 5.10 Å². The van der Waals surface area contributed by atoms with E-state index in [0.717, 1.165) is 24.2 Å². The molecule has 0 unspecified atom stereocenters. The molecule has 23 heavy (non-hydrogen) atoms. The predicted octanol–water partition coefficient (Wildman–Crippen LogP) is 2.45. The Morgan fingerprint density at radius 3 is 2.61 bits per heavy atom. The van der Waals surface area contributed by atoms with Crippen molar-refractivity contribution < 1.29 is 4.79 Å². The van der Waals surface area contributed by atoms with Gasteiger partial charge in [0.25, 0.3) is 0 Å². The molecule has 1 fully saturated rings. The van der Waals surface area contributed by atoms with E-state index < -0.39 is 0 Å². The molecule has 3 rings (SSSR count). The van der Waals surface area contributed by atoms with E-state index in [-0.39, 0.29) is 17.9 Å². The second-order valence-corrected chi connectivity index (χ2v) is 6.48. The van der Waals surface area contributed by atoms with E-state index in [4.69, 9.17) is 5.73 Å². The van der Waals surface area contributed by atoms with Crippen LogP contribution >= 0.6 is 0 Å². The highest BCUT2D eigenvalue weighted by Gasteiger charge is 2.36. The van der Waals surface area contributed by atoms with Crippen LogP contribution in [0.1, 0.15) is 49.9 Å². The minimum absolute atomic E-state index is 0.0373. The molecule has 2 aromatic rings. The van der Waals surface area contributed by atoms with Gasteiger partial charge in [0.2, 0.25) is 5.91 Å². The van der Waals surface area contributed by atoms with Gasteiger partial charge in [0, 0.05) is 18.2 Å². The van der Waals surface area contributed by atoms with Crippen molar-refractivity contribution in [3.05, 3.63) is 41.7 Å². The molecule has 1 saturated carbocycles. The van der Waals surface area contributed by atoms with Crippen molar-refractivity contribution in [2.45, 2.75) is 45.2 Å². The Kier molecular flexibility index (Phi) is 4.43. The van der Waals surface area contributed by atoms with E-state index in [1.165, 1.54) is 5.56 Å². The van der Waals surface area contributed by atoms with Gasteiger partial charge in [-0.3, -0.25) is 4.79 Å². The fraction of sp³-hybridized carbons (Fsp3) is 0.471. The molecule has 1 aliphatic rings. The lowest BCUT2D eigenvalue weighted by atomic mass is 9.79. The lowest BCUT2D eigenvalue weighted by molar-refractivity contribution is -0.123. The van der Waals surface area contributed by atoms with E-state index in [2.05, 4.69) is 41.6 Å². The number of hydrogen-bond acceptors (Lipinski definition) is 4. The van der Waals surface area contributed by atoms with Crippen molar-refractivity contribution in [3.8, 4) is 0 Å². The monoisotopic (exact) mass is 313 g/mol. The van der Waals surface area contributed by atoms with Crippen molar-refractivity contribution in [2.24, 2.45) is 11.7 Å². The van der Waals surface area contributed by atoms with Crippen molar-refractivity contribution in [3.63, 3.8) is 0 Å². The number of nitrogens with two attached hydrogens (primary N) is 1. The number of benzene rings is 1. The quantitative estimate of drug-likeness (QED) is 0.888. The summed E-state index contributed by atoms with van der Waals surface area (Å²) in [5.74, 6) is 0.612. The van der Waals surface area contributed by atoms with E-state index >= 15 is 0 Å². The Labute approximate surface area is 136 Å². The fourth-order valence-electron chi connectivity index (χ4n) is 2.80. The van der Waals surface area contributed by atoms with Crippen LogP contribution in [-0.4, -0.2) is 20.9 Å². The summed E-state index contributed by atoms with van der Waals surface area (Å²) in [6.45, 7) is 4.70. The maximum atomic E-state index is 12.3. The number of aromatic nitrogens is 3. The van der Waals surface area contributed by atoms with Crippen LogP contribution in [0.3, 0.4) is 0 Å².